The van der Waals surface area contributed by atoms with Crippen molar-refractivity contribution in [3.63, 3.8) is 0 Å². The summed E-state index contributed by atoms with van der Waals surface area (Å²) in [4.78, 5) is 16.5. The van der Waals surface area contributed by atoms with Crippen LogP contribution in [0.25, 0.3) is 10.9 Å². The standard InChI is InChI=1S/C26H30FN5O2/c1-4-31-10-11-32(16-25(31)33)19(12-18-8-6-5-7-9-18)13-22(28)26-20-14-24(34-17(2)3)21(27)15-23(20)29-30-26/h5-9,13-15,17,28H,4,10-12,16H2,1-3H3,(H,29,30)/b19-13+,28-22?. The van der Waals surface area contributed by atoms with Crippen molar-refractivity contribution in [1.29, 1.82) is 5.41 Å². The van der Waals surface area contributed by atoms with E-state index in [0.717, 1.165) is 11.3 Å². The lowest BCUT2D eigenvalue weighted by Crippen LogP contribution is -2.49. The van der Waals surface area contributed by atoms with Crippen LogP contribution in [0.1, 0.15) is 32.0 Å². The number of fused-ring (bicyclic) bond motifs is 1. The number of rotatable bonds is 8. The summed E-state index contributed by atoms with van der Waals surface area (Å²) in [7, 11) is 0. The second kappa shape index (κ2) is 10.1. The van der Waals surface area contributed by atoms with E-state index in [1.807, 2.05) is 60.9 Å². The van der Waals surface area contributed by atoms with Gasteiger partial charge in [0, 0.05) is 43.2 Å². The molecule has 2 heterocycles. The van der Waals surface area contributed by atoms with Gasteiger partial charge in [-0.05, 0) is 38.5 Å². The predicted octanol–water partition coefficient (Wildman–Crippen LogP) is 4.15. The third-order valence-electron chi connectivity index (χ3n) is 5.88. The molecular formula is C26H30FN5O2. The van der Waals surface area contributed by atoms with Crippen LogP contribution in [0.2, 0.25) is 0 Å². The van der Waals surface area contributed by atoms with Gasteiger partial charge in [0.25, 0.3) is 0 Å². The van der Waals surface area contributed by atoms with Gasteiger partial charge in [0.2, 0.25) is 5.91 Å². The highest BCUT2D eigenvalue weighted by atomic mass is 19.1. The Morgan fingerprint density at radius 3 is 2.71 bits per heavy atom. The first-order valence-electron chi connectivity index (χ1n) is 11.6. The van der Waals surface area contributed by atoms with Crippen molar-refractivity contribution in [3.05, 3.63) is 71.3 Å². The minimum absolute atomic E-state index is 0.0791. The summed E-state index contributed by atoms with van der Waals surface area (Å²) in [6, 6.07) is 12.9. The first-order chi connectivity index (χ1) is 16.4. The Morgan fingerprint density at radius 2 is 2.03 bits per heavy atom. The highest BCUT2D eigenvalue weighted by Crippen LogP contribution is 2.27. The third kappa shape index (κ3) is 5.11. The van der Waals surface area contributed by atoms with Gasteiger partial charge in [-0.25, -0.2) is 4.39 Å². The Morgan fingerprint density at radius 1 is 1.26 bits per heavy atom. The summed E-state index contributed by atoms with van der Waals surface area (Å²) in [5, 5.41) is 16.6. The molecule has 1 aromatic heterocycles. The van der Waals surface area contributed by atoms with Gasteiger partial charge in [-0.2, -0.15) is 5.10 Å². The number of halogens is 1. The van der Waals surface area contributed by atoms with Gasteiger partial charge in [-0.1, -0.05) is 30.3 Å². The molecular weight excluding hydrogens is 433 g/mol. The maximum Gasteiger partial charge on any atom is 0.242 e. The number of hydrogen-bond donors (Lipinski definition) is 2. The number of benzene rings is 2. The summed E-state index contributed by atoms with van der Waals surface area (Å²) in [6.07, 6.45) is 2.17. The smallest absolute Gasteiger partial charge is 0.242 e. The average Bonchev–Trinajstić information content (AvgIpc) is 3.21. The van der Waals surface area contributed by atoms with Crippen LogP contribution in [-0.2, 0) is 11.2 Å². The summed E-state index contributed by atoms with van der Waals surface area (Å²) < 4.78 is 20.0. The van der Waals surface area contributed by atoms with Crippen LogP contribution in [0.15, 0.2) is 54.2 Å². The van der Waals surface area contributed by atoms with Gasteiger partial charge < -0.3 is 14.5 Å². The molecule has 0 unspecified atom stereocenters. The fourth-order valence-electron chi connectivity index (χ4n) is 4.15. The van der Waals surface area contributed by atoms with Crippen LogP contribution in [-0.4, -0.2) is 63.9 Å². The number of carbonyl (C=O) groups is 1. The van der Waals surface area contributed by atoms with E-state index < -0.39 is 5.82 Å². The molecule has 1 aliphatic heterocycles. The fraction of sp³-hybridized carbons (Fsp3) is 0.346. The van der Waals surface area contributed by atoms with Crippen molar-refractivity contribution in [2.24, 2.45) is 0 Å². The van der Waals surface area contributed by atoms with E-state index in [0.29, 0.717) is 42.7 Å². The maximum absolute atomic E-state index is 14.4. The van der Waals surface area contributed by atoms with Gasteiger partial charge in [0.1, 0.15) is 5.69 Å². The van der Waals surface area contributed by atoms with Crippen molar-refractivity contribution in [2.75, 3.05) is 26.2 Å². The molecule has 4 rings (SSSR count). The number of ether oxygens (including phenoxy) is 1. The number of aromatic nitrogens is 2. The van der Waals surface area contributed by atoms with E-state index >= 15 is 0 Å². The molecule has 3 aromatic rings. The van der Waals surface area contributed by atoms with Crippen molar-refractivity contribution in [3.8, 4) is 5.75 Å². The summed E-state index contributed by atoms with van der Waals surface area (Å²) >= 11 is 0. The van der Waals surface area contributed by atoms with E-state index in [1.54, 1.807) is 12.1 Å². The zero-order valence-electron chi connectivity index (χ0n) is 19.8. The SMILES string of the molecule is CCN1CCN(/C(=C/C(=N)c2n[nH]c3cc(F)c(OC(C)C)cc23)Cc2ccccc2)CC1=O. The number of hydrogen-bond acceptors (Lipinski definition) is 5. The molecule has 0 atom stereocenters. The lowest BCUT2D eigenvalue weighted by molar-refractivity contribution is -0.134. The van der Waals surface area contributed by atoms with E-state index in [2.05, 4.69) is 10.2 Å². The Kier molecular flexibility index (Phi) is 6.95. The van der Waals surface area contributed by atoms with E-state index in [4.69, 9.17) is 10.1 Å². The Bertz CT molecular complexity index is 1220. The zero-order valence-corrected chi connectivity index (χ0v) is 19.8. The molecule has 34 heavy (non-hydrogen) atoms. The first kappa shape index (κ1) is 23.5. The molecule has 7 nitrogen and oxygen atoms in total. The van der Waals surface area contributed by atoms with Crippen LogP contribution < -0.4 is 4.74 Å². The van der Waals surface area contributed by atoms with Crippen LogP contribution in [0.4, 0.5) is 4.39 Å². The predicted molar refractivity (Wildman–Crippen MR) is 131 cm³/mol. The number of H-pyrrole nitrogens is 1. The van der Waals surface area contributed by atoms with Crippen LogP contribution in [0.3, 0.4) is 0 Å². The molecule has 0 spiro atoms. The molecule has 1 aliphatic rings. The van der Waals surface area contributed by atoms with Crippen molar-refractivity contribution in [1.82, 2.24) is 20.0 Å². The van der Waals surface area contributed by atoms with Gasteiger partial charge in [0.15, 0.2) is 11.6 Å². The molecule has 2 aromatic carbocycles. The lowest BCUT2D eigenvalue weighted by Gasteiger charge is -2.36. The largest absolute Gasteiger partial charge is 0.488 e. The van der Waals surface area contributed by atoms with Crippen molar-refractivity contribution >= 4 is 22.5 Å². The monoisotopic (exact) mass is 463 g/mol. The summed E-state index contributed by atoms with van der Waals surface area (Å²) in [5.74, 6) is -0.265. The molecule has 1 amide bonds. The number of amides is 1. The normalized spacial score (nSPS) is 14.9. The number of likely N-dealkylation sites (N-methyl/N-ethyl adjacent to an activating group) is 1. The molecule has 0 aliphatic carbocycles. The average molecular weight is 464 g/mol. The number of piperazine rings is 1. The third-order valence-corrected chi connectivity index (χ3v) is 5.88. The molecule has 1 fully saturated rings. The van der Waals surface area contributed by atoms with E-state index in [1.165, 1.54) is 6.07 Å². The topological polar surface area (TPSA) is 85.3 Å². The maximum atomic E-state index is 14.4. The molecule has 0 bridgehead atoms. The molecule has 178 valence electrons. The minimum Gasteiger partial charge on any atom is -0.488 e. The van der Waals surface area contributed by atoms with Crippen molar-refractivity contribution < 1.29 is 13.9 Å². The van der Waals surface area contributed by atoms with E-state index in [-0.39, 0.29) is 30.0 Å². The molecule has 0 radical (unpaired) electrons. The Labute approximate surface area is 198 Å². The van der Waals surface area contributed by atoms with Crippen LogP contribution in [0.5, 0.6) is 5.75 Å². The molecule has 2 N–H and O–H groups in total. The van der Waals surface area contributed by atoms with Crippen LogP contribution in [0, 0.1) is 11.2 Å². The quantitative estimate of drug-likeness (QED) is 0.492. The molecule has 8 heteroatoms. The van der Waals surface area contributed by atoms with Gasteiger partial charge in [-0.15, -0.1) is 0 Å². The van der Waals surface area contributed by atoms with Crippen LogP contribution >= 0.6 is 0 Å². The minimum atomic E-state index is -0.476. The van der Waals surface area contributed by atoms with E-state index in [9.17, 15) is 9.18 Å². The number of carbonyl (C=O) groups excluding carboxylic acids is 1. The molecule has 0 saturated carbocycles. The molecule has 1 saturated heterocycles. The summed E-state index contributed by atoms with van der Waals surface area (Å²) in [5.41, 5.74) is 3.06. The van der Waals surface area contributed by atoms with Gasteiger partial charge >= 0.3 is 0 Å². The Hall–Kier alpha value is -3.68. The highest BCUT2D eigenvalue weighted by molar-refractivity contribution is 6.13. The van der Waals surface area contributed by atoms with Gasteiger partial charge in [-0.3, -0.25) is 15.3 Å². The highest BCUT2D eigenvalue weighted by Gasteiger charge is 2.25. The summed E-state index contributed by atoms with van der Waals surface area (Å²) in [6.45, 7) is 7.96. The fourth-order valence-corrected chi connectivity index (χ4v) is 4.15. The Balaban J connectivity index is 1.68. The first-order valence-corrected chi connectivity index (χ1v) is 11.6. The number of allylic oxidation sites excluding steroid dienone is 2. The lowest BCUT2D eigenvalue weighted by atomic mass is 10.0. The zero-order chi connectivity index (χ0) is 24.2. The second-order valence-electron chi connectivity index (χ2n) is 8.67. The number of nitrogens with one attached hydrogen (secondary N) is 2. The second-order valence-corrected chi connectivity index (χ2v) is 8.67. The number of nitrogens with zero attached hydrogens (tertiary/aromatic N) is 3. The number of aromatic amines is 1. The van der Waals surface area contributed by atoms with Crippen molar-refractivity contribution in [2.45, 2.75) is 33.3 Å². The van der Waals surface area contributed by atoms with Gasteiger partial charge in [0.05, 0.1) is 23.9 Å².